The summed E-state index contributed by atoms with van der Waals surface area (Å²) in [6.45, 7) is 0. The van der Waals surface area contributed by atoms with Gasteiger partial charge < -0.3 is 9.64 Å². The van der Waals surface area contributed by atoms with Gasteiger partial charge in [-0.3, -0.25) is 0 Å². The SMILES string of the molecule is CN1C2CCC1CC(Oc1cnc3ccccc3n1)C2. The van der Waals surface area contributed by atoms with E-state index in [0.29, 0.717) is 24.1 Å². The average Bonchev–Trinajstić information content (AvgIpc) is 2.70. The van der Waals surface area contributed by atoms with E-state index < -0.39 is 0 Å². The second kappa shape index (κ2) is 4.70. The molecule has 1 aromatic carbocycles. The summed E-state index contributed by atoms with van der Waals surface area (Å²) in [5, 5.41) is 0. The monoisotopic (exact) mass is 269 g/mol. The molecule has 0 N–H and O–H groups in total. The lowest BCUT2D eigenvalue weighted by molar-refractivity contribution is 0.0632. The topological polar surface area (TPSA) is 38.2 Å². The van der Waals surface area contributed by atoms with Crippen molar-refractivity contribution in [2.24, 2.45) is 0 Å². The van der Waals surface area contributed by atoms with Crippen LogP contribution in [0.4, 0.5) is 0 Å². The second-order valence-corrected chi connectivity index (χ2v) is 5.96. The first-order valence-corrected chi connectivity index (χ1v) is 7.40. The molecule has 0 spiro atoms. The van der Waals surface area contributed by atoms with E-state index >= 15 is 0 Å². The Bertz CT molecular complexity index is 616. The average molecular weight is 269 g/mol. The highest BCUT2D eigenvalue weighted by molar-refractivity contribution is 5.73. The third kappa shape index (κ3) is 2.04. The Hall–Kier alpha value is -1.68. The van der Waals surface area contributed by atoms with Gasteiger partial charge in [0.15, 0.2) is 0 Å². The molecule has 0 aliphatic carbocycles. The first-order chi connectivity index (χ1) is 9.79. The van der Waals surface area contributed by atoms with Crippen LogP contribution in [0.1, 0.15) is 25.7 Å². The third-order valence-corrected chi connectivity index (χ3v) is 4.77. The number of rotatable bonds is 2. The maximum absolute atomic E-state index is 6.09. The van der Waals surface area contributed by atoms with E-state index in [1.165, 1.54) is 12.8 Å². The van der Waals surface area contributed by atoms with Gasteiger partial charge in [0.2, 0.25) is 5.88 Å². The summed E-state index contributed by atoms with van der Waals surface area (Å²) in [6, 6.07) is 9.29. The zero-order valence-corrected chi connectivity index (χ0v) is 11.7. The van der Waals surface area contributed by atoms with Gasteiger partial charge in [0, 0.05) is 12.1 Å². The van der Waals surface area contributed by atoms with Gasteiger partial charge in [-0.2, -0.15) is 0 Å². The van der Waals surface area contributed by atoms with E-state index in [1.807, 2.05) is 24.3 Å². The van der Waals surface area contributed by atoms with Crippen LogP contribution in [-0.4, -0.2) is 40.1 Å². The molecule has 4 nitrogen and oxygen atoms in total. The van der Waals surface area contributed by atoms with Gasteiger partial charge in [-0.05, 0) is 44.9 Å². The Morgan fingerprint density at radius 1 is 1.10 bits per heavy atom. The molecule has 1 aromatic heterocycles. The smallest absolute Gasteiger partial charge is 0.233 e. The van der Waals surface area contributed by atoms with E-state index in [9.17, 15) is 0 Å². The number of ether oxygens (including phenoxy) is 1. The molecule has 0 amide bonds. The molecule has 2 unspecified atom stereocenters. The van der Waals surface area contributed by atoms with Crippen LogP contribution in [0.3, 0.4) is 0 Å². The number of hydrogen-bond acceptors (Lipinski definition) is 4. The highest BCUT2D eigenvalue weighted by Crippen LogP contribution is 2.35. The summed E-state index contributed by atoms with van der Waals surface area (Å²) < 4.78 is 6.09. The molecule has 4 heteroatoms. The molecule has 2 aliphatic heterocycles. The van der Waals surface area contributed by atoms with Crippen LogP contribution in [0.15, 0.2) is 30.5 Å². The minimum absolute atomic E-state index is 0.291. The van der Waals surface area contributed by atoms with Gasteiger partial charge >= 0.3 is 0 Å². The first-order valence-electron chi connectivity index (χ1n) is 7.40. The summed E-state index contributed by atoms with van der Waals surface area (Å²) in [6.07, 6.45) is 6.89. The van der Waals surface area contributed by atoms with Gasteiger partial charge in [0.05, 0.1) is 17.2 Å². The number of para-hydroxylation sites is 2. The number of benzene rings is 1. The van der Waals surface area contributed by atoms with E-state index in [-0.39, 0.29) is 0 Å². The quantitative estimate of drug-likeness (QED) is 0.840. The van der Waals surface area contributed by atoms with E-state index in [2.05, 4.69) is 21.9 Å². The standard InChI is InChI=1S/C16H19N3O/c1-19-11-6-7-12(19)9-13(8-11)20-16-10-17-14-4-2-3-5-15(14)18-16/h2-5,10-13H,6-9H2,1H3. The molecule has 20 heavy (non-hydrogen) atoms. The molecule has 0 saturated carbocycles. The third-order valence-electron chi connectivity index (χ3n) is 4.77. The molecule has 2 bridgehead atoms. The number of nitrogens with zero attached hydrogens (tertiary/aromatic N) is 3. The molecule has 0 radical (unpaired) electrons. The van der Waals surface area contributed by atoms with Crippen molar-refractivity contribution in [2.45, 2.75) is 43.9 Å². The number of hydrogen-bond donors (Lipinski definition) is 0. The van der Waals surface area contributed by atoms with Crippen molar-refractivity contribution in [3.05, 3.63) is 30.5 Å². The van der Waals surface area contributed by atoms with Crippen LogP contribution in [0.25, 0.3) is 11.0 Å². The largest absolute Gasteiger partial charge is 0.473 e. The summed E-state index contributed by atoms with van der Waals surface area (Å²) in [7, 11) is 2.24. The molecule has 2 fully saturated rings. The first kappa shape index (κ1) is 12.1. The predicted molar refractivity (Wildman–Crippen MR) is 77.8 cm³/mol. The maximum atomic E-state index is 6.09. The maximum Gasteiger partial charge on any atom is 0.233 e. The zero-order chi connectivity index (χ0) is 13.5. The molecule has 2 atom stereocenters. The van der Waals surface area contributed by atoms with Gasteiger partial charge in [-0.1, -0.05) is 12.1 Å². The molecule has 2 aliphatic rings. The van der Waals surface area contributed by atoms with Crippen molar-refractivity contribution in [1.29, 1.82) is 0 Å². The highest BCUT2D eigenvalue weighted by atomic mass is 16.5. The van der Waals surface area contributed by atoms with Gasteiger partial charge in [-0.25, -0.2) is 9.97 Å². The van der Waals surface area contributed by atoms with Crippen molar-refractivity contribution >= 4 is 11.0 Å². The van der Waals surface area contributed by atoms with Gasteiger partial charge in [0.25, 0.3) is 0 Å². The minimum Gasteiger partial charge on any atom is -0.473 e. The second-order valence-electron chi connectivity index (χ2n) is 5.96. The van der Waals surface area contributed by atoms with Crippen LogP contribution in [0, 0.1) is 0 Å². The Kier molecular flexibility index (Phi) is 2.84. The fourth-order valence-electron chi connectivity index (χ4n) is 3.63. The molecular formula is C16H19N3O. The van der Waals surface area contributed by atoms with Crippen molar-refractivity contribution in [2.75, 3.05) is 7.05 Å². The lowest BCUT2D eigenvalue weighted by atomic mass is 10.0. The minimum atomic E-state index is 0.291. The fraction of sp³-hybridized carbons (Fsp3) is 0.500. The van der Waals surface area contributed by atoms with Gasteiger partial charge in [0.1, 0.15) is 6.10 Å². The van der Waals surface area contributed by atoms with E-state index in [0.717, 1.165) is 23.9 Å². The summed E-state index contributed by atoms with van der Waals surface area (Å²) in [5.41, 5.74) is 1.82. The Labute approximate surface area is 118 Å². The van der Waals surface area contributed by atoms with Crippen LogP contribution in [-0.2, 0) is 0 Å². The van der Waals surface area contributed by atoms with Crippen LogP contribution in [0.5, 0.6) is 5.88 Å². The van der Waals surface area contributed by atoms with E-state index in [4.69, 9.17) is 4.74 Å². The highest BCUT2D eigenvalue weighted by Gasteiger charge is 2.39. The van der Waals surface area contributed by atoms with Crippen molar-refractivity contribution in [1.82, 2.24) is 14.9 Å². The lowest BCUT2D eigenvalue weighted by Crippen LogP contribution is -2.43. The molecule has 2 saturated heterocycles. The summed E-state index contributed by atoms with van der Waals surface area (Å²) >= 11 is 0. The number of fused-ring (bicyclic) bond motifs is 3. The predicted octanol–water partition coefficient (Wildman–Crippen LogP) is 2.63. The van der Waals surface area contributed by atoms with Gasteiger partial charge in [-0.15, -0.1) is 0 Å². The van der Waals surface area contributed by atoms with Crippen LogP contribution in [0.2, 0.25) is 0 Å². The zero-order valence-electron chi connectivity index (χ0n) is 11.7. The number of aromatic nitrogens is 2. The van der Waals surface area contributed by atoms with Crippen LogP contribution >= 0.6 is 0 Å². The molecule has 2 aromatic rings. The molecule has 4 rings (SSSR count). The fourth-order valence-corrected chi connectivity index (χ4v) is 3.63. The normalized spacial score (nSPS) is 29.8. The molecule has 104 valence electrons. The summed E-state index contributed by atoms with van der Waals surface area (Å²) in [5.74, 6) is 0.664. The van der Waals surface area contributed by atoms with E-state index in [1.54, 1.807) is 6.20 Å². The molecular weight excluding hydrogens is 250 g/mol. The summed E-state index contributed by atoms with van der Waals surface area (Å²) in [4.78, 5) is 11.5. The molecule has 3 heterocycles. The van der Waals surface area contributed by atoms with Crippen LogP contribution < -0.4 is 4.74 Å². The Balaban J connectivity index is 1.53. The van der Waals surface area contributed by atoms with Crippen molar-refractivity contribution < 1.29 is 4.74 Å². The Morgan fingerprint density at radius 3 is 2.55 bits per heavy atom. The van der Waals surface area contributed by atoms with Crippen molar-refractivity contribution in [3.63, 3.8) is 0 Å². The van der Waals surface area contributed by atoms with Crippen molar-refractivity contribution in [3.8, 4) is 5.88 Å². The lowest BCUT2D eigenvalue weighted by Gasteiger charge is -2.35. The Morgan fingerprint density at radius 2 is 1.80 bits per heavy atom. The number of piperidine rings is 1.